The number of aliphatic carboxylic acids is 1. The average Bonchev–Trinajstić information content (AvgIpc) is 2.15. The number of halogens is 1. The Kier molecular flexibility index (Phi) is 3.38. The molecule has 15 heavy (non-hydrogen) atoms. The number of carboxylic acids is 1. The monoisotopic (exact) mass is 211 g/mol. The average molecular weight is 211 g/mol. The van der Waals surface area contributed by atoms with Crippen molar-refractivity contribution in [1.82, 2.24) is 5.32 Å². The quantitative estimate of drug-likeness (QED) is 0.786. The molecule has 1 aromatic carbocycles. The van der Waals surface area contributed by atoms with E-state index < -0.39 is 23.7 Å². The third-order valence-electron chi connectivity index (χ3n) is 1.80. The highest BCUT2D eigenvalue weighted by atomic mass is 19.1. The van der Waals surface area contributed by atoms with Crippen molar-refractivity contribution in [1.29, 1.82) is 0 Å². The second kappa shape index (κ2) is 4.54. The normalized spacial score (nSPS) is 11.9. The number of hydrogen-bond donors (Lipinski definition) is 2. The third-order valence-corrected chi connectivity index (χ3v) is 1.80. The van der Waals surface area contributed by atoms with Gasteiger partial charge in [-0.25, -0.2) is 9.18 Å². The number of amides is 1. The molecule has 1 atom stereocenters. The van der Waals surface area contributed by atoms with Gasteiger partial charge in [-0.3, -0.25) is 4.79 Å². The van der Waals surface area contributed by atoms with Crippen LogP contribution < -0.4 is 5.32 Å². The van der Waals surface area contributed by atoms with Gasteiger partial charge in [0.15, 0.2) is 6.04 Å². The molecule has 0 bridgehead atoms. The molecule has 80 valence electrons. The summed E-state index contributed by atoms with van der Waals surface area (Å²) in [5.74, 6) is -2.09. The summed E-state index contributed by atoms with van der Waals surface area (Å²) in [7, 11) is 0. The zero-order chi connectivity index (χ0) is 11.4. The lowest BCUT2D eigenvalue weighted by atomic mass is 10.1. The molecule has 5 heteroatoms. The number of carbonyl (C=O) groups is 2. The van der Waals surface area contributed by atoms with Crippen LogP contribution in [0, 0.1) is 5.82 Å². The smallest absolute Gasteiger partial charge is 0.330 e. The molecule has 2 N–H and O–H groups in total. The van der Waals surface area contributed by atoms with Crippen molar-refractivity contribution in [3.05, 3.63) is 35.6 Å². The van der Waals surface area contributed by atoms with Crippen molar-refractivity contribution in [3.8, 4) is 0 Å². The minimum Gasteiger partial charge on any atom is -0.479 e. The van der Waals surface area contributed by atoms with E-state index in [1.54, 1.807) is 0 Å². The van der Waals surface area contributed by atoms with Crippen LogP contribution >= 0.6 is 0 Å². The maximum absolute atomic E-state index is 12.6. The first-order chi connectivity index (χ1) is 7.00. The zero-order valence-corrected chi connectivity index (χ0v) is 8.03. The second-order valence-electron chi connectivity index (χ2n) is 3.02. The van der Waals surface area contributed by atoms with Crippen molar-refractivity contribution >= 4 is 11.9 Å². The van der Waals surface area contributed by atoms with Gasteiger partial charge >= 0.3 is 5.97 Å². The van der Waals surface area contributed by atoms with Crippen LogP contribution in [-0.2, 0) is 9.59 Å². The van der Waals surface area contributed by atoms with Gasteiger partial charge in [-0.1, -0.05) is 12.1 Å². The predicted octanol–water partition coefficient (Wildman–Crippen LogP) is 1.09. The Labute approximate surface area is 85.7 Å². The van der Waals surface area contributed by atoms with Crippen LogP contribution in [-0.4, -0.2) is 17.0 Å². The van der Waals surface area contributed by atoms with E-state index in [1.807, 2.05) is 0 Å². The van der Waals surface area contributed by atoms with Gasteiger partial charge in [-0.05, 0) is 17.7 Å². The third kappa shape index (κ3) is 3.05. The lowest BCUT2D eigenvalue weighted by molar-refractivity contribution is -0.141. The molecule has 0 saturated heterocycles. The van der Waals surface area contributed by atoms with Gasteiger partial charge in [0.2, 0.25) is 5.91 Å². The number of benzene rings is 1. The fourth-order valence-electron chi connectivity index (χ4n) is 1.15. The Morgan fingerprint density at radius 1 is 1.33 bits per heavy atom. The molecule has 1 rings (SSSR count). The minimum absolute atomic E-state index is 0.333. The van der Waals surface area contributed by atoms with Crippen LogP contribution in [0.5, 0.6) is 0 Å². The van der Waals surface area contributed by atoms with Crippen molar-refractivity contribution < 1.29 is 19.1 Å². The zero-order valence-electron chi connectivity index (χ0n) is 8.03. The highest BCUT2D eigenvalue weighted by molar-refractivity contribution is 5.83. The first-order valence-electron chi connectivity index (χ1n) is 4.26. The van der Waals surface area contributed by atoms with Gasteiger partial charge in [0, 0.05) is 6.92 Å². The topological polar surface area (TPSA) is 66.4 Å². The molecule has 0 heterocycles. The number of carboxylic acid groups (broad SMARTS) is 1. The molecule has 0 aliphatic carbocycles. The predicted molar refractivity (Wildman–Crippen MR) is 50.6 cm³/mol. The van der Waals surface area contributed by atoms with E-state index in [0.717, 1.165) is 12.1 Å². The van der Waals surface area contributed by atoms with Crippen LogP contribution in [0.1, 0.15) is 18.5 Å². The van der Waals surface area contributed by atoms with Crippen molar-refractivity contribution in [2.45, 2.75) is 13.0 Å². The Hall–Kier alpha value is -1.91. The Morgan fingerprint density at radius 3 is 2.27 bits per heavy atom. The van der Waals surface area contributed by atoms with Gasteiger partial charge in [-0.15, -0.1) is 0 Å². The van der Waals surface area contributed by atoms with Gasteiger partial charge in [0.1, 0.15) is 5.82 Å². The summed E-state index contributed by atoms with van der Waals surface area (Å²) in [5.41, 5.74) is 0.333. The summed E-state index contributed by atoms with van der Waals surface area (Å²) < 4.78 is 12.6. The highest BCUT2D eigenvalue weighted by Crippen LogP contribution is 2.13. The van der Waals surface area contributed by atoms with E-state index in [9.17, 15) is 14.0 Å². The van der Waals surface area contributed by atoms with E-state index in [2.05, 4.69) is 5.32 Å². The molecule has 1 amide bonds. The van der Waals surface area contributed by atoms with Crippen molar-refractivity contribution in [2.75, 3.05) is 0 Å². The maximum atomic E-state index is 12.6. The van der Waals surface area contributed by atoms with Crippen LogP contribution in [0.3, 0.4) is 0 Å². The van der Waals surface area contributed by atoms with Crippen LogP contribution in [0.25, 0.3) is 0 Å². The van der Waals surface area contributed by atoms with Crippen molar-refractivity contribution in [2.24, 2.45) is 0 Å². The maximum Gasteiger partial charge on any atom is 0.330 e. The summed E-state index contributed by atoms with van der Waals surface area (Å²) in [6.07, 6.45) is 0. The fourth-order valence-corrected chi connectivity index (χ4v) is 1.15. The van der Waals surface area contributed by atoms with E-state index in [0.29, 0.717) is 5.56 Å². The standard InChI is InChI=1S/C10H10FNO3/c1-6(13)12-9(10(14)15)7-2-4-8(11)5-3-7/h2-5,9H,1H3,(H,12,13)(H,14,15)/t9-/m1/s1. The Bertz CT molecular complexity index is 375. The van der Waals surface area contributed by atoms with E-state index in [-0.39, 0.29) is 0 Å². The summed E-state index contributed by atoms with van der Waals surface area (Å²) in [6.45, 7) is 1.22. The van der Waals surface area contributed by atoms with Crippen LogP contribution in [0.15, 0.2) is 24.3 Å². The van der Waals surface area contributed by atoms with E-state index in [4.69, 9.17) is 5.11 Å². The summed E-state index contributed by atoms with van der Waals surface area (Å²) in [5, 5.41) is 11.1. The van der Waals surface area contributed by atoms with Crippen LogP contribution in [0.2, 0.25) is 0 Å². The summed E-state index contributed by atoms with van der Waals surface area (Å²) in [6, 6.07) is 3.80. The summed E-state index contributed by atoms with van der Waals surface area (Å²) in [4.78, 5) is 21.6. The molecule has 0 aliphatic heterocycles. The van der Waals surface area contributed by atoms with E-state index in [1.165, 1.54) is 19.1 Å². The summed E-state index contributed by atoms with van der Waals surface area (Å²) >= 11 is 0. The SMILES string of the molecule is CC(=O)N[C@@H](C(=O)O)c1ccc(F)cc1. The van der Waals surface area contributed by atoms with Crippen molar-refractivity contribution in [3.63, 3.8) is 0 Å². The molecule has 1 aromatic rings. The molecule has 0 unspecified atom stereocenters. The first-order valence-corrected chi connectivity index (χ1v) is 4.26. The number of nitrogens with one attached hydrogen (secondary N) is 1. The first kappa shape index (κ1) is 11.2. The fraction of sp³-hybridized carbons (Fsp3) is 0.200. The molecular formula is C10H10FNO3. The number of carbonyl (C=O) groups excluding carboxylic acids is 1. The lowest BCUT2D eigenvalue weighted by Gasteiger charge is -2.13. The molecule has 0 saturated carbocycles. The van der Waals surface area contributed by atoms with Gasteiger partial charge < -0.3 is 10.4 Å². The minimum atomic E-state index is -1.18. The molecule has 0 fully saturated rings. The molecule has 0 radical (unpaired) electrons. The van der Waals surface area contributed by atoms with Gasteiger partial charge in [-0.2, -0.15) is 0 Å². The largest absolute Gasteiger partial charge is 0.479 e. The Balaban J connectivity index is 2.94. The molecule has 4 nitrogen and oxygen atoms in total. The van der Waals surface area contributed by atoms with E-state index >= 15 is 0 Å². The van der Waals surface area contributed by atoms with Gasteiger partial charge in [0.25, 0.3) is 0 Å². The molecule has 0 aromatic heterocycles. The van der Waals surface area contributed by atoms with Crippen LogP contribution in [0.4, 0.5) is 4.39 Å². The number of rotatable bonds is 3. The lowest BCUT2D eigenvalue weighted by Crippen LogP contribution is -2.31. The molecule has 0 spiro atoms. The second-order valence-corrected chi connectivity index (χ2v) is 3.02. The molecule has 0 aliphatic rings. The Morgan fingerprint density at radius 2 is 1.87 bits per heavy atom. The molecular weight excluding hydrogens is 201 g/mol. The highest BCUT2D eigenvalue weighted by Gasteiger charge is 2.20. The van der Waals surface area contributed by atoms with Gasteiger partial charge in [0.05, 0.1) is 0 Å². The number of hydrogen-bond acceptors (Lipinski definition) is 2.